The molecule has 0 unspecified atom stereocenters. The molecule has 26 heavy (non-hydrogen) atoms. The SMILES string of the molecule is C=CCCOc1nc(-c2cc([C@@H](C)NCC)ncc2C)cn2ccnc12. The summed E-state index contributed by atoms with van der Waals surface area (Å²) in [6, 6.07) is 2.28. The normalized spacial score (nSPS) is 12.3. The van der Waals surface area contributed by atoms with E-state index in [1.807, 2.05) is 36.0 Å². The molecule has 0 spiro atoms. The van der Waals surface area contributed by atoms with E-state index in [0.29, 0.717) is 18.1 Å². The number of nitrogens with zero attached hydrogens (tertiary/aromatic N) is 4. The molecule has 3 aromatic heterocycles. The van der Waals surface area contributed by atoms with Gasteiger partial charge in [-0.2, -0.15) is 0 Å². The van der Waals surface area contributed by atoms with E-state index in [-0.39, 0.29) is 6.04 Å². The predicted molar refractivity (Wildman–Crippen MR) is 103 cm³/mol. The highest BCUT2D eigenvalue weighted by molar-refractivity contribution is 5.66. The molecule has 6 heteroatoms. The number of pyridine rings is 1. The van der Waals surface area contributed by atoms with Crippen molar-refractivity contribution in [2.75, 3.05) is 13.2 Å². The number of hydrogen-bond acceptors (Lipinski definition) is 5. The number of aryl methyl sites for hydroxylation is 1. The second-order valence-electron chi connectivity index (χ2n) is 6.22. The number of imidazole rings is 1. The Balaban J connectivity index is 2.04. The molecule has 3 aromatic rings. The molecule has 0 aromatic carbocycles. The van der Waals surface area contributed by atoms with E-state index in [9.17, 15) is 0 Å². The Morgan fingerprint density at radius 2 is 2.23 bits per heavy atom. The van der Waals surface area contributed by atoms with E-state index >= 15 is 0 Å². The van der Waals surface area contributed by atoms with Crippen molar-refractivity contribution in [3.63, 3.8) is 0 Å². The van der Waals surface area contributed by atoms with Gasteiger partial charge in [0.1, 0.15) is 0 Å². The highest BCUT2D eigenvalue weighted by Gasteiger charge is 2.14. The summed E-state index contributed by atoms with van der Waals surface area (Å²) < 4.78 is 7.79. The van der Waals surface area contributed by atoms with E-state index in [2.05, 4.69) is 41.8 Å². The van der Waals surface area contributed by atoms with Crippen LogP contribution in [-0.2, 0) is 0 Å². The van der Waals surface area contributed by atoms with Crippen molar-refractivity contribution in [2.45, 2.75) is 33.2 Å². The van der Waals surface area contributed by atoms with Gasteiger partial charge in [0.25, 0.3) is 5.88 Å². The van der Waals surface area contributed by atoms with E-state index in [1.54, 1.807) is 6.20 Å². The smallest absolute Gasteiger partial charge is 0.258 e. The lowest BCUT2D eigenvalue weighted by Gasteiger charge is -2.15. The minimum atomic E-state index is 0.180. The average molecular weight is 351 g/mol. The number of ether oxygens (including phenoxy) is 1. The molecular formula is C20H25N5O. The molecule has 0 saturated heterocycles. The van der Waals surface area contributed by atoms with E-state index in [1.165, 1.54) is 0 Å². The van der Waals surface area contributed by atoms with Gasteiger partial charge in [0.2, 0.25) is 5.65 Å². The lowest BCUT2D eigenvalue weighted by molar-refractivity contribution is 0.315. The largest absolute Gasteiger partial charge is 0.475 e. The van der Waals surface area contributed by atoms with Crippen molar-refractivity contribution < 1.29 is 4.74 Å². The predicted octanol–water partition coefficient (Wildman–Crippen LogP) is 3.73. The van der Waals surface area contributed by atoms with Gasteiger partial charge in [-0.3, -0.25) is 4.98 Å². The molecule has 0 aliphatic carbocycles. The molecule has 0 amide bonds. The molecule has 0 bridgehead atoms. The first kappa shape index (κ1) is 18.1. The summed E-state index contributed by atoms with van der Waals surface area (Å²) in [5.74, 6) is 0.534. The van der Waals surface area contributed by atoms with Crippen LogP contribution in [0.4, 0.5) is 0 Å². The molecule has 0 fully saturated rings. The Kier molecular flexibility index (Phi) is 5.63. The molecule has 136 valence electrons. The average Bonchev–Trinajstić information content (AvgIpc) is 3.11. The van der Waals surface area contributed by atoms with Crippen LogP contribution in [0, 0.1) is 6.92 Å². The fourth-order valence-corrected chi connectivity index (χ4v) is 2.83. The van der Waals surface area contributed by atoms with Crippen LogP contribution in [0.25, 0.3) is 16.9 Å². The van der Waals surface area contributed by atoms with Crippen molar-refractivity contribution >= 4 is 5.65 Å². The zero-order chi connectivity index (χ0) is 18.5. The molecule has 3 heterocycles. The van der Waals surface area contributed by atoms with Gasteiger partial charge < -0.3 is 14.5 Å². The number of hydrogen-bond donors (Lipinski definition) is 1. The molecule has 6 nitrogen and oxygen atoms in total. The van der Waals surface area contributed by atoms with Crippen LogP contribution in [0.3, 0.4) is 0 Å². The summed E-state index contributed by atoms with van der Waals surface area (Å²) in [5.41, 5.74) is 4.67. The summed E-state index contributed by atoms with van der Waals surface area (Å²) in [7, 11) is 0. The van der Waals surface area contributed by atoms with Crippen LogP contribution in [0.1, 0.15) is 37.6 Å². The highest BCUT2D eigenvalue weighted by Crippen LogP contribution is 2.27. The number of fused-ring (bicyclic) bond motifs is 1. The quantitative estimate of drug-likeness (QED) is 0.495. The molecule has 1 atom stereocenters. The third-order valence-corrected chi connectivity index (χ3v) is 4.26. The molecule has 0 saturated carbocycles. The molecule has 0 aliphatic heterocycles. The van der Waals surface area contributed by atoms with Gasteiger partial charge in [0.15, 0.2) is 0 Å². The molecule has 3 rings (SSSR count). The van der Waals surface area contributed by atoms with Crippen LogP contribution < -0.4 is 10.1 Å². The summed E-state index contributed by atoms with van der Waals surface area (Å²) in [4.78, 5) is 13.7. The Hall–Kier alpha value is -2.73. The van der Waals surface area contributed by atoms with E-state index in [0.717, 1.165) is 35.5 Å². The van der Waals surface area contributed by atoms with Gasteiger partial charge in [-0.15, -0.1) is 6.58 Å². The maximum Gasteiger partial charge on any atom is 0.258 e. The van der Waals surface area contributed by atoms with E-state index in [4.69, 9.17) is 9.72 Å². The Bertz CT molecular complexity index is 902. The Labute approximate surface area is 154 Å². The van der Waals surface area contributed by atoms with E-state index < -0.39 is 0 Å². The third kappa shape index (κ3) is 3.75. The van der Waals surface area contributed by atoms with Crippen LogP contribution in [0.5, 0.6) is 5.88 Å². The van der Waals surface area contributed by atoms with Crippen molar-refractivity contribution in [1.82, 2.24) is 24.7 Å². The lowest BCUT2D eigenvalue weighted by Crippen LogP contribution is -2.18. The van der Waals surface area contributed by atoms with Gasteiger partial charge in [-0.25, -0.2) is 9.97 Å². The van der Waals surface area contributed by atoms with Crippen LogP contribution in [0.2, 0.25) is 0 Å². The fraction of sp³-hybridized carbons (Fsp3) is 0.350. The van der Waals surface area contributed by atoms with Crippen LogP contribution in [0.15, 0.2) is 43.5 Å². The third-order valence-electron chi connectivity index (χ3n) is 4.26. The number of rotatable bonds is 8. The maximum absolute atomic E-state index is 5.84. The maximum atomic E-state index is 5.84. The summed E-state index contributed by atoms with van der Waals surface area (Å²) in [5, 5.41) is 3.40. The molecular weight excluding hydrogens is 326 g/mol. The van der Waals surface area contributed by atoms with Gasteiger partial charge in [0, 0.05) is 36.4 Å². The molecule has 0 aliphatic rings. The van der Waals surface area contributed by atoms with Crippen molar-refractivity contribution in [3.8, 4) is 17.1 Å². The van der Waals surface area contributed by atoms with Gasteiger partial charge in [-0.05, 0) is 38.4 Å². The Morgan fingerprint density at radius 1 is 1.38 bits per heavy atom. The van der Waals surface area contributed by atoms with Gasteiger partial charge >= 0.3 is 0 Å². The Morgan fingerprint density at radius 3 is 3.00 bits per heavy atom. The zero-order valence-electron chi connectivity index (χ0n) is 15.6. The van der Waals surface area contributed by atoms with Gasteiger partial charge in [-0.1, -0.05) is 13.0 Å². The standard InChI is InChI=1S/C20H25N5O/c1-5-7-10-26-20-19-22-8-9-25(19)13-18(24-20)16-11-17(15(4)21-6-2)23-12-14(16)3/h5,8-9,11-13,15,21H,1,6-7,10H2,2-4H3/t15-/m1/s1. The van der Waals surface area contributed by atoms with Crippen LogP contribution >= 0.6 is 0 Å². The number of nitrogens with one attached hydrogen (secondary N) is 1. The summed E-state index contributed by atoms with van der Waals surface area (Å²) in [6.45, 7) is 11.4. The second-order valence-corrected chi connectivity index (χ2v) is 6.22. The fourth-order valence-electron chi connectivity index (χ4n) is 2.83. The summed E-state index contributed by atoms with van der Waals surface area (Å²) >= 11 is 0. The summed E-state index contributed by atoms with van der Waals surface area (Å²) in [6.07, 6.45) is 10.1. The molecule has 1 N–H and O–H groups in total. The molecule has 0 radical (unpaired) electrons. The topological polar surface area (TPSA) is 64.3 Å². The second kappa shape index (κ2) is 8.10. The first-order valence-corrected chi connectivity index (χ1v) is 8.91. The minimum Gasteiger partial charge on any atom is -0.475 e. The van der Waals surface area contributed by atoms with Crippen molar-refractivity contribution in [1.29, 1.82) is 0 Å². The van der Waals surface area contributed by atoms with Crippen molar-refractivity contribution in [3.05, 3.63) is 54.8 Å². The van der Waals surface area contributed by atoms with Gasteiger partial charge in [0.05, 0.1) is 18.0 Å². The number of aromatic nitrogens is 4. The minimum absolute atomic E-state index is 0.180. The first-order chi connectivity index (χ1) is 12.6. The monoisotopic (exact) mass is 351 g/mol. The first-order valence-electron chi connectivity index (χ1n) is 8.91. The van der Waals surface area contributed by atoms with Crippen LogP contribution in [-0.4, -0.2) is 32.5 Å². The zero-order valence-corrected chi connectivity index (χ0v) is 15.6. The lowest BCUT2D eigenvalue weighted by atomic mass is 10.0. The highest BCUT2D eigenvalue weighted by atomic mass is 16.5. The van der Waals surface area contributed by atoms with Crippen molar-refractivity contribution in [2.24, 2.45) is 0 Å².